The molecule has 0 aliphatic heterocycles. The number of pyridine rings is 1. The van der Waals surface area contributed by atoms with Crippen molar-refractivity contribution in [3.8, 4) is 5.88 Å². The number of aryl methyl sites for hydroxylation is 1. The van der Waals surface area contributed by atoms with Crippen LogP contribution >= 0.6 is 0 Å². The molecule has 0 fully saturated rings. The van der Waals surface area contributed by atoms with E-state index in [1.165, 1.54) is 0 Å². The number of fused-ring (bicyclic) bond motifs is 1. The summed E-state index contributed by atoms with van der Waals surface area (Å²) in [5, 5.41) is 10.9. The third-order valence-electron chi connectivity index (χ3n) is 3.57. The van der Waals surface area contributed by atoms with Crippen LogP contribution in [0.4, 0.5) is 0 Å². The summed E-state index contributed by atoms with van der Waals surface area (Å²) in [7, 11) is 0. The minimum Gasteiger partial charge on any atom is -0.493 e. The van der Waals surface area contributed by atoms with Crippen LogP contribution in [0, 0.1) is 6.92 Å². The van der Waals surface area contributed by atoms with Crippen LogP contribution in [-0.4, -0.2) is 22.7 Å². The van der Waals surface area contributed by atoms with Crippen LogP contribution in [0.1, 0.15) is 49.2 Å². The van der Waals surface area contributed by atoms with Crippen LogP contribution in [0.3, 0.4) is 0 Å². The maximum Gasteiger partial charge on any atom is 0.343 e. The minimum atomic E-state index is -0.540. The zero-order valence-electron chi connectivity index (χ0n) is 13.2. The Bertz CT molecular complexity index is 699. The lowest BCUT2D eigenvalue weighted by Gasteiger charge is -2.20. The van der Waals surface area contributed by atoms with Gasteiger partial charge in [-0.2, -0.15) is 0 Å². The Labute approximate surface area is 124 Å². The van der Waals surface area contributed by atoms with E-state index in [0.29, 0.717) is 11.1 Å². The molecule has 2 aromatic rings. The van der Waals surface area contributed by atoms with Crippen LogP contribution in [0.15, 0.2) is 18.2 Å². The van der Waals surface area contributed by atoms with Gasteiger partial charge in [-0.05, 0) is 36.5 Å². The molecule has 0 saturated carbocycles. The second-order valence-corrected chi connectivity index (χ2v) is 6.14. The molecule has 1 N–H and O–H groups in total. The maximum absolute atomic E-state index is 11.9. The van der Waals surface area contributed by atoms with E-state index in [-0.39, 0.29) is 23.5 Å². The summed E-state index contributed by atoms with van der Waals surface area (Å²) in [6.45, 7) is 10.1. The molecule has 1 aromatic heterocycles. The Morgan fingerprint density at radius 3 is 2.57 bits per heavy atom. The van der Waals surface area contributed by atoms with Gasteiger partial charge in [0.25, 0.3) is 0 Å². The molecular formula is C17H21NO3. The van der Waals surface area contributed by atoms with Crippen LogP contribution in [0.2, 0.25) is 0 Å². The molecule has 0 amide bonds. The summed E-state index contributed by atoms with van der Waals surface area (Å²) in [5.74, 6) is -0.814. The first-order valence-corrected chi connectivity index (χ1v) is 7.06. The van der Waals surface area contributed by atoms with E-state index in [4.69, 9.17) is 4.74 Å². The molecule has 4 nitrogen and oxygen atoms in total. The van der Waals surface area contributed by atoms with Crippen molar-refractivity contribution in [1.82, 2.24) is 4.98 Å². The van der Waals surface area contributed by atoms with E-state index >= 15 is 0 Å². The summed E-state index contributed by atoms with van der Waals surface area (Å²) in [6, 6.07) is 5.93. The minimum absolute atomic E-state index is 0.000787. The van der Waals surface area contributed by atoms with Gasteiger partial charge in [0.15, 0.2) is 0 Å². The van der Waals surface area contributed by atoms with Gasteiger partial charge < -0.3 is 9.84 Å². The molecule has 2 rings (SSSR count). The predicted octanol–water partition coefficient (Wildman–Crippen LogP) is 3.72. The number of ether oxygens (including phenoxy) is 1. The molecule has 4 heteroatoms. The first-order chi connectivity index (χ1) is 9.75. The van der Waals surface area contributed by atoms with Gasteiger partial charge in [-0.3, -0.25) is 0 Å². The van der Waals surface area contributed by atoms with Crippen molar-refractivity contribution >= 4 is 16.9 Å². The van der Waals surface area contributed by atoms with Gasteiger partial charge in [0, 0.05) is 5.39 Å². The Hall–Kier alpha value is -2.10. The van der Waals surface area contributed by atoms with Crippen molar-refractivity contribution in [1.29, 1.82) is 0 Å². The lowest BCUT2D eigenvalue weighted by atomic mass is 9.86. The highest BCUT2D eigenvalue weighted by Gasteiger charge is 2.21. The average Bonchev–Trinajstić information content (AvgIpc) is 2.37. The Kier molecular flexibility index (Phi) is 3.90. The molecule has 1 heterocycles. The van der Waals surface area contributed by atoms with E-state index < -0.39 is 5.97 Å². The first-order valence-electron chi connectivity index (χ1n) is 7.06. The average molecular weight is 287 g/mol. The fourth-order valence-corrected chi connectivity index (χ4v) is 2.33. The Morgan fingerprint density at radius 2 is 2.00 bits per heavy atom. The van der Waals surface area contributed by atoms with Gasteiger partial charge in [0.1, 0.15) is 5.56 Å². The number of aromatic hydroxyl groups is 1. The fraction of sp³-hybridized carbons (Fsp3) is 0.412. The topological polar surface area (TPSA) is 59.4 Å². The molecule has 0 bridgehead atoms. The van der Waals surface area contributed by atoms with Crippen LogP contribution in [0.5, 0.6) is 5.88 Å². The van der Waals surface area contributed by atoms with Crippen molar-refractivity contribution in [3.63, 3.8) is 0 Å². The predicted molar refractivity (Wildman–Crippen MR) is 82.8 cm³/mol. The molecule has 21 heavy (non-hydrogen) atoms. The number of rotatable bonds is 2. The van der Waals surface area contributed by atoms with Gasteiger partial charge in [-0.15, -0.1) is 0 Å². The number of benzene rings is 1. The van der Waals surface area contributed by atoms with Gasteiger partial charge >= 0.3 is 5.97 Å². The van der Waals surface area contributed by atoms with Crippen LogP contribution < -0.4 is 0 Å². The quantitative estimate of drug-likeness (QED) is 0.855. The Morgan fingerprint density at radius 1 is 1.33 bits per heavy atom. The van der Waals surface area contributed by atoms with Crippen molar-refractivity contribution < 1.29 is 14.6 Å². The van der Waals surface area contributed by atoms with Gasteiger partial charge in [0.05, 0.1) is 12.1 Å². The largest absolute Gasteiger partial charge is 0.493 e. The number of hydrogen-bond acceptors (Lipinski definition) is 4. The number of esters is 1. The van der Waals surface area contributed by atoms with E-state index in [1.807, 2.05) is 18.2 Å². The Balaban J connectivity index is 2.66. The molecule has 0 atom stereocenters. The second-order valence-electron chi connectivity index (χ2n) is 6.14. The van der Waals surface area contributed by atoms with Crippen molar-refractivity contribution in [2.24, 2.45) is 0 Å². The third-order valence-corrected chi connectivity index (χ3v) is 3.57. The second kappa shape index (κ2) is 5.35. The zero-order chi connectivity index (χ0) is 15.8. The summed E-state index contributed by atoms with van der Waals surface area (Å²) >= 11 is 0. The molecule has 0 unspecified atom stereocenters. The molecule has 0 spiro atoms. The molecule has 0 aliphatic rings. The summed E-state index contributed by atoms with van der Waals surface area (Å²) in [4.78, 5) is 16.1. The van der Waals surface area contributed by atoms with Crippen molar-refractivity contribution in [2.45, 2.75) is 40.0 Å². The summed E-state index contributed by atoms with van der Waals surface area (Å²) in [5.41, 5.74) is 2.65. The molecule has 0 aliphatic carbocycles. The lowest BCUT2D eigenvalue weighted by molar-refractivity contribution is 0.0521. The fourth-order valence-electron chi connectivity index (χ4n) is 2.33. The van der Waals surface area contributed by atoms with Gasteiger partial charge in [-0.1, -0.05) is 32.9 Å². The van der Waals surface area contributed by atoms with E-state index in [2.05, 4.69) is 25.8 Å². The highest BCUT2D eigenvalue weighted by atomic mass is 16.5. The lowest BCUT2D eigenvalue weighted by Crippen LogP contribution is -2.12. The zero-order valence-corrected chi connectivity index (χ0v) is 13.2. The number of hydrogen-bond donors (Lipinski definition) is 1. The number of nitrogens with zero attached hydrogens (tertiary/aromatic N) is 1. The summed E-state index contributed by atoms with van der Waals surface area (Å²) < 4.78 is 4.98. The van der Waals surface area contributed by atoms with Gasteiger partial charge in [0.2, 0.25) is 5.88 Å². The van der Waals surface area contributed by atoms with Crippen molar-refractivity contribution in [3.05, 3.63) is 34.9 Å². The van der Waals surface area contributed by atoms with E-state index in [1.54, 1.807) is 13.8 Å². The molecule has 1 aromatic carbocycles. The monoisotopic (exact) mass is 287 g/mol. The maximum atomic E-state index is 11.9. The van der Waals surface area contributed by atoms with E-state index in [0.717, 1.165) is 10.9 Å². The van der Waals surface area contributed by atoms with Crippen molar-refractivity contribution in [2.75, 3.05) is 6.61 Å². The third kappa shape index (κ3) is 2.84. The molecule has 0 radical (unpaired) electrons. The summed E-state index contributed by atoms with van der Waals surface area (Å²) in [6.07, 6.45) is 0. The number of carbonyl (C=O) groups excluding carboxylic acids is 1. The SMILES string of the molecule is CCOC(=O)c1c(O)nc2cc(C(C)(C)C)ccc2c1C. The first kappa shape index (κ1) is 15.3. The van der Waals surface area contributed by atoms with Gasteiger partial charge in [-0.25, -0.2) is 9.78 Å². The number of aromatic nitrogens is 1. The highest BCUT2D eigenvalue weighted by Crippen LogP contribution is 2.31. The molecule has 0 saturated heterocycles. The molecule has 112 valence electrons. The highest BCUT2D eigenvalue weighted by molar-refractivity contribution is 5.99. The van der Waals surface area contributed by atoms with E-state index in [9.17, 15) is 9.90 Å². The van der Waals surface area contributed by atoms with Crippen LogP contribution in [0.25, 0.3) is 10.9 Å². The smallest absolute Gasteiger partial charge is 0.343 e. The normalized spacial score (nSPS) is 11.7. The molecular weight excluding hydrogens is 266 g/mol. The van der Waals surface area contributed by atoms with Crippen LogP contribution in [-0.2, 0) is 10.2 Å². The number of carbonyl (C=O) groups is 1. The standard InChI is InChI=1S/C17H21NO3/c1-6-21-16(20)14-10(2)12-8-7-11(17(3,4)5)9-13(12)18-15(14)19/h7-9H,6H2,1-5H3,(H,18,19).